The van der Waals surface area contributed by atoms with Gasteiger partial charge in [0.2, 0.25) is 5.91 Å². The molecule has 17 heavy (non-hydrogen) atoms. The summed E-state index contributed by atoms with van der Waals surface area (Å²) in [5, 5.41) is 12.1. The number of methoxy groups -OCH3 is 1. The number of aliphatic hydroxyl groups excluding tert-OH is 1. The fourth-order valence-corrected chi connectivity index (χ4v) is 2.18. The largest absolute Gasteiger partial charge is 0.394 e. The van der Waals surface area contributed by atoms with Crippen LogP contribution in [0.5, 0.6) is 0 Å². The number of aliphatic hydroxyl groups is 1. The highest BCUT2D eigenvalue weighted by molar-refractivity contribution is 5.73. The standard InChI is InChI=1S/C12H22NO4/c1-4-9-5-10(13-8(2)15)12(7-16-3)17-11(9)6-14/h5,9-12,14H,4,6-7H2,1-3H3,(H,13,15). The highest BCUT2D eigenvalue weighted by atomic mass is 16.5. The number of ether oxygens (including phenoxy) is 2. The molecule has 5 nitrogen and oxygen atoms in total. The third-order valence-corrected chi connectivity index (χ3v) is 3.03. The molecule has 0 aromatic carbocycles. The van der Waals surface area contributed by atoms with Crippen molar-refractivity contribution >= 4 is 5.91 Å². The van der Waals surface area contributed by atoms with Gasteiger partial charge < -0.3 is 19.9 Å². The maximum atomic E-state index is 11.1. The van der Waals surface area contributed by atoms with Crippen LogP contribution in [0.2, 0.25) is 0 Å². The van der Waals surface area contributed by atoms with E-state index in [-0.39, 0.29) is 36.7 Å². The van der Waals surface area contributed by atoms with Crippen LogP contribution < -0.4 is 5.32 Å². The summed E-state index contributed by atoms with van der Waals surface area (Å²) < 4.78 is 10.8. The number of hydrogen-bond donors (Lipinski definition) is 2. The summed E-state index contributed by atoms with van der Waals surface area (Å²) in [6, 6.07) is -0.153. The van der Waals surface area contributed by atoms with Crippen molar-refractivity contribution in [2.45, 2.75) is 38.5 Å². The first-order valence-corrected chi connectivity index (χ1v) is 5.99. The summed E-state index contributed by atoms with van der Waals surface area (Å²) in [6.45, 7) is 3.90. The molecule has 1 fully saturated rings. The molecule has 0 bridgehead atoms. The molecule has 4 unspecified atom stereocenters. The molecule has 1 aliphatic rings. The molecule has 2 N–H and O–H groups in total. The van der Waals surface area contributed by atoms with Crippen LogP contribution in [0, 0.1) is 12.3 Å². The second-order valence-corrected chi connectivity index (χ2v) is 4.34. The van der Waals surface area contributed by atoms with Gasteiger partial charge in [-0.05, 0) is 12.3 Å². The van der Waals surface area contributed by atoms with E-state index in [1.807, 2.05) is 6.92 Å². The van der Waals surface area contributed by atoms with Crippen LogP contribution in [-0.2, 0) is 14.3 Å². The average molecular weight is 244 g/mol. The van der Waals surface area contributed by atoms with Gasteiger partial charge in [0.15, 0.2) is 0 Å². The predicted molar refractivity (Wildman–Crippen MR) is 63.3 cm³/mol. The second-order valence-electron chi connectivity index (χ2n) is 4.34. The quantitative estimate of drug-likeness (QED) is 0.721. The topological polar surface area (TPSA) is 67.8 Å². The number of hydrogen-bond acceptors (Lipinski definition) is 4. The van der Waals surface area contributed by atoms with Gasteiger partial charge in [-0.2, -0.15) is 0 Å². The molecule has 1 heterocycles. The van der Waals surface area contributed by atoms with Crippen LogP contribution in [0.15, 0.2) is 0 Å². The lowest BCUT2D eigenvalue weighted by Crippen LogP contribution is -2.55. The summed E-state index contributed by atoms with van der Waals surface area (Å²) in [4.78, 5) is 11.1. The van der Waals surface area contributed by atoms with Gasteiger partial charge in [-0.15, -0.1) is 0 Å². The van der Waals surface area contributed by atoms with E-state index >= 15 is 0 Å². The third-order valence-electron chi connectivity index (χ3n) is 3.03. The average Bonchev–Trinajstić information content (AvgIpc) is 2.30. The molecule has 0 aliphatic carbocycles. The van der Waals surface area contributed by atoms with Gasteiger partial charge >= 0.3 is 0 Å². The first kappa shape index (κ1) is 14.4. The van der Waals surface area contributed by atoms with Crippen molar-refractivity contribution in [2.24, 2.45) is 5.92 Å². The molecule has 1 rings (SSSR count). The van der Waals surface area contributed by atoms with Crippen LogP contribution in [0.1, 0.15) is 20.3 Å². The van der Waals surface area contributed by atoms with E-state index in [2.05, 4.69) is 11.7 Å². The lowest BCUT2D eigenvalue weighted by molar-refractivity contribution is -0.132. The number of carbonyl (C=O) groups excluding carboxylic acids is 1. The van der Waals surface area contributed by atoms with Crippen LogP contribution in [0.25, 0.3) is 0 Å². The van der Waals surface area contributed by atoms with Gasteiger partial charge in [0.25, 0.3) is 0 Å². The Kier molecular flexibility index (Phi) is 5.88. The van der Waals surface area contributed by atoms with E-state index in [9.17, 15) is 9.90 Å². The third kappa shape index (κ3) is 3.94. The molecule has 0 aromatic rings. The maximum Gasteiger partial charge on any atom is 0.217 e. The lowest BCUT2D eigenvalue weighted by Gasteiger charge is -2.40. The van der Waals surface area contributed by atoms with Crippen LogP contribution in [0.3, 0.4) is 0 Å². The summed E-state index contributed by atoms with van der Waals surface area (Å²) in [5.41, 5.74) is 0. The molecule has 4 atom stereocenters. The van der Waals surface area contributed by atoms with Gasteiger partial charge in [-0.3, -0.25) is 4.79 Å². The minimum absolute atomic E-state index is 0.0119. The van der Waals surface area contributed by atoms with Gasteiger partial charge in [-0.1, -0.05) is 13.3 Å². The van der Waals surface area contributed by atoms with Crippen molar-refractivity contribution in [1.29, 1.82) is 0 Å². The van der Waals surface area contributed by atoms with Gasteiger partial charge in [0, 0.05) is 14.0 Å². The summed E-state index contributed by atoms with van der Waals surface area (Å²) in [6.07, 6.45) is 2.49. The Morgan fingerprint density at radius 3 is 2.71 bits per heavy atom. The Balaban J connectivity index is 2.68. The molecule has 5 heteroatoms. The fraction of sp³-hybridized carbons (Fsp3) is 0.833. The minimum Gasteiger partial charge on any atom is -0.394 e. The number of amides is 1. The van der Waals surface area contributed by atoms with Gasteiger partial charge in [0.1, 0.15) is 6.10 Å². The molecule has 0 saturated carbocycles. The predicted octanol–water partition coefficient (Wildman–Crippen LogP) is 0.128. The van der Waals surface area contributed by atoms with E-state index in [1.54, 1.807) is 7.11 Å². The molecular formula is C12H22NO4. The second kappa shape index (κ2) is 6.93. The van der Waals surface area contributed by atoms with Crippen molar-refractivity contribution in [2.75, 3.05) is 20.3 Å². The van der Waals surface area contributed by atoms with E-state index in [4.69, 9.17) is 9.47 Å². The molecule has 0 spiro atoms. The monoisotopic (exact) mass is 244 g/mol. The molecule has 0 aromatic heterocycles. The summed E-state index contributed by atoms with van der Waals surface area (Å²) >= 11 is 0. The van der Waals surface area contributed by atoms with Crippen LogP contribution in [0.4, 0.5) is 0 Å². The smallest absolute Gasteiger partial charge is 0.217 e. The highest BCUT2D eigenvalue weighted by Crippen LogP contribution is 2.27. The fourth-order valence-electron chi connectivity index (χ4n) is 2.18. The first-order chi connectivity index (χ1) is 8.12. The Bertz CT molecular complexity index is 247. The first-order valence-electron chi connectivity index (χ1n) is 5.99. The molecule has 99 valence electrons. The Labute approximate surface area is 102 Å². The van der Waals surface area contributed by atoms with E-state index in [1.165, 1.54) is 6.92 Å². The van der Waals surface area contributed by atoms with Crippen molar-refractivity contribution in [3.05, 3.63) is 6.42 Å². The molecule has 1 saturated heterocycles. The minimum atomic E-state index is -0.233. The number of rotatable bonds is 5. The van der Waals surface area contributed by atoms with Crippen LogP contribution in [-0.4, -0.2) is 49.6 Å². The summed E-state index contributed by atoms with van der Waals surface area (Å²) in [5.74, 6) is 0.0678. The molecular weight excluding hydrogens is 222 g/mol. The Morgan fingerprint density at radius 2 is 2.24 bits per heavy atom. The van der Waals surface area contributed by atoms with Crippen LogP contribution >= 0.6 is 0 Å². The molecule has 1 radical (unpaired) electrons. The number of carbonyl (C=O) groups is 1. The SMILES string of the molecule is CCC1[CH]C(NC(C)=O)C(COC)OC1CO. The van der Waals surface area contributed by atoms with Crippen molar-refractivity contribution < 1.29 is 19.4 Å². The normalized spacial score (nSPS) is 33.4. The summed E-state index contributed by atoms with van der Waals surface area (Å²) in [7, 11) is 1.59. The maximum absolute atomic E-state index is 11.1. The van der Waals surface area contributed by atoms with E-state index < -0.39 is 0 Å². The van der Waals surface area contributed by atoms with E-state index in [0.29, 0.717) is 6.61 Å². The molecule has 1 aliphatic heterocycles. The van der Waals surface area contributed by atoms with Crippen molar-refractivity contribution in [1.82, 2.24) is 5.32 Å². The Morgan fingerprint density at radius 1 is 1.53 bits per heavy atom. The zero-order chi connectivity index (χ0) is 12.8. The zero-order valence-corrected chi connectivity index (χ0v) is 10.7. The number of nitrogens with one attached hydrogen (secondary N) is 1. The Hall–Kier alpha value is -0.650. The van der Waals surface area contributed by atoms with Gasteiger partial charge in [0.05, 0.1) is 25.4 Å². The lowest BCUT2D eigenvalue weighted by atomic mass is 9.86. The van der Waals surface area contributed by atoms with E-state index in [0.717, 1.165) is 6.42 Å². The van der Waals surface area contributed by atoms with Crippen molar-refractivity contribution in [3.63, 3.8) is 0 Å². The van der Waals surface area contributed by atoms with Gasteiger partial charge in [-0.25, -0.2) is 0 Å². The molecule has 1 amide bonds. The highest BCUT2D eigenvalue weighted by Gasteiger charge is 2.37. The zero-order valence-electron chi connectivity index (χ0n) is 10.7. The van der Waals surface area contributed by atoms with Crippen molar-refractivity contribution in [3.8, 4) is 0 Å².